The highest BCUT2D eigenvalue weighted by atomic mass is 15.1. The van der Waals surface area contributed by atoms with E-state index in [0.717, 1.165) is 12.5 Å². The van der Waals surface area contributed by atoms with E-state index >= 15 is 0 Å². The van der Waals surface area contributed by atoms with Crippen molar-refractivity contribution in [3.63, 3.8) is 0 Å². The van der Waals surface area contributed by atoms with Gasteiger partial charge in [-0.3, -0.25) is 4.90 Å². The topological polar surface area (TPSA) is 29.3 Å². The molecule has 0 spiro atoms. The maximum absolute atomic E-state index is 6.42. The van der Waals surface area contributed by atoms with E-state index in [2.05, 4.69) is 36.1 Å². The highest BCUT2D eigenvalue weighted by Crippen LogP contribution is 2.32. The van der Waals surface area contributed by atoms with Crippen LogP contribution in [0.4, 0.5) is 0 Å². The molecule has 0 saturated heterocycles. The van der Waals surface area contributed by atoms with Crippen molar-refractivity contribution in [2.24, 2.45) is 17.6 Å². The molecule has 116 valence electrons. The molecule has 0 amide bonds. The first-order chi connectivity index (χ1) is 10.3. The second kappa shape index (κ2) is 6.93. The lowest BCUT2D eigenvalue weighted by Crippen LogP contribution is -2.44. The first-order valence-electron chi connectivity index (χ1n) is 8.81. The molecule has 0 aromatic heterocycles. The first kappa shape index (κ1) is 15.1. The number of fused-ring (bicyclic) bond motifs is 1. The third-order valence-electron chi connectivity index (χ3n) is 5.55. The van der Waals surface area contributed by atoms with Crippen molar-refractivity contribution < 1.29 is 0 Å². The maximum atomic E-state index is 6.42. The highest BCUT2D eigenvalue weighted by Gasteiger charge is 2.29. The molecule has 1 aliphatic heterocycles. The zero-order chi connectivity index (χ0) is 14.7. The Morgan fingerprint density at radius 1 is 1.19 bits per heavy atom. The lowest BCUT2D eigenvalue weighted by Gasteiger charge is -2.38. The van der Waals surface area contributed by atoms with Gasteiger partial charge in [-0.2, -0.15) is 0 Å². The predicted octanol–water partition coefficient (Wildman–Crippen LogP) is 3.59. The fraction of sp³-hybridized carbons (Fsp3) is 0.684. The van der Waals surface area contributed by atoms with E-state index < -0.39 is 0 Å². The molecule has 2 heteroatoms. The Morgan fingerprint density at radius 3 is 2.81 bits per heavy atom. The summed E-state index contributed by atoms with van der Waals surface area (Å²) in [5.74, 6) is 1.64. The van der Waals surface area contributed by atoms with Gasteiger partial charge in [0.05, 0.1) is 0 Å². The van der Waals surface area contributed by atoms with Crippen LogP contribution in [0.25, 0.3) is 0 Å². The van der Waals surface area contributed by atoms with Gasteiger partial charge in [-0.1, -0.05) is 44.0 Å². The first-order valence-corrected chi connectivity index (χ1v) is 8.81. The van der Waals surface area contributed by atoms with Gasteiger partial charge < -0.3 is 5.73 Å². The molecule has 2 N–H and O–H groups in total. The van der Waals surface area contributed by atoms with Gasteiger partial charge >= 0.3 is 0 Å². The number of nitrogens with two attached hydrogens (primary N) is 1. The molecule has 2 nitrogen and oxygen atoms in total. The van der Waals surface area contributed by atoms with Gasteiger partial charge in [0.1, 0.15) is 0 Å². The molecule has 0 bridgehead atoms. The highest BCUT2D eigenvalue weighted by molar-refractivity contribution is 5.29. The van der Waals surface area contributed by atoms with E-state index in [-0.39, 0.29) is 0 Å². The van der Waals surface area contributed by atoms with Gasteiger partial charge in [-0.05, 0) is 48.6 Å². The van der Waals surface area contributed by atoms with Crippen molar-refractivity contribution in [1.82, 2.24) is 4.90 Å². The molecule has 3 rings (SSSR count). The van der Waals surface area contributed by atoms with Gasteiger partial charge in [0.25, 0.3) is 0 Å². The number of nitrogens with zero attached hydrogens (tertiary/aromatic N) is 1. The SMILES string of the molecule is CCCC1CCC(N)C(CN2CCc3ccccc3C2)C1. The monoisotopic (exact) mass is 286 g/mol. The second-order valence-electron chi connectivity index (χ2n) is 7.15. The van der Waals surface area contributed by atoms with Crippen LogP contribution in [0.5, 0.6) is 0 Å². The molecule has 0 radical (unpaired) electrons. The van der Waals surface area contributed by atoms with Crippen LogP contribution in [0.15, 0.2) is 24.3 Å². The smallest absolute Gasteiger partial charge is 0.0236 e. The summed E-state index contributed by atoms with van der Waals surface area (Å²) in [6.45, 7) is 5.84. The van der Waals surface area contributed by atoms with E-state index in [9.17, 15) is 0 Å². The summed E-state index contributed by atoms with van der Waals surface area (Å²) < 4.78 is 0. The zero-order valence-corrected chi connectivity index (χ0v) is 13.4. The largest absolute Gasteiger partial charge is 0.327 e. The van der Waals surface area contributed by atoms with Gasteiger partial charge in [-0.25, -0.2) is 0 Å². The maximum Gasteiger partial charge on any atom is 0.0236 e. The summed E-state index contributed by atoms with van der Waals surface area (Å²) >= 11 is 0. The lowest BCUT2D eigenvalue weighted by atomic mass is 9.76. The van der Waals surface area contributed by atoms with Crippen molar-refractivity contribution in [2.75, 3.05) is 13.1 Å². The Bertz CT molecular complexity index is 457. The molecule has 1 saturated carbocycles. The van der Waals surface area contributed by atoms with Crippen LogP contribution < -0.4 is 5.73 Å². The van der Waals surface area contributed by atoms with E-state index in [0.29, 0.717) is 12.0 Å². The number of rotatable bonds is 4. The van der Waals surface area contributed by atoms with Crippen LogP contribution in [0, 0.1) is 11.8 Å². The fourth-order valence-electron chi connectivity index (χ4n) is 4.31. The predicted molar refractivity (Wildman–Crippen MR) is 89.1 cm³/mol. The van der Waals surface area contributed by atoms with E-state index in [1.807, 2.05) is 0 Å². The Morgan fingerprint density at radius 2 is 2.00 bits per heavy atom. The lowest BCUT2D eigenvalue weighted by molar-refractivity contribution is 0.143. The van der Waals surface area contributed by atoms with Gasteiger partial charge in [0.2, 0.25) is 0 Å². The van der Waals surface area contributed by atoms with E-state index in [1.54, 1.807) is 5.56 Å². The molecule has 3 atom stereocenters. The minimum absolute atomic E-state index is 0.426. The molecular weight excluding hydrogens is 256 g/mol. The summed E-state index contributed by atoms with van der Waals surface area (Å²) in [6.07, 6.45) is 7.87. The minimum Gasteiger partial charge on any atom is -0.327 e. The van der Waals surface area contributed by atoms with Gasteiger partial charge in [0.15, 0.2) is 0 Å². The van der Waals surface area contributed by atoms with Crippen LogP contribution in [-0.2, 0) is 13.0 Å². The Hall–Kier alpha value is -0.860. The molecule has 1 fully saturated rings. The van der Waals surface area contributed by atoms with Crippen LogP contribution in [0.1, 0.15) is 50.2 Å². The third kappa shape index (κ3) is 3.67. The second-order valence-corrected chi connectivity index (χ2v) is 7.15. The van der Waals surface area contributed by atoms with E-state index in [1.165, 1.54) is 57.2 Å². The summed E-state index contributed by atoms with van der Waals surface area (Å²) in [5, 5.41) is 0. The van der Waals surface area contributed by atoms with Gasteiger partial charge in [0, 0.05) is 25.7 Å². The average molecular weight is 286 g/mol. The molecule has 2 aliphatic rings. The summed E-state index contributed by atoms with van der Waals surface area (Å²) in [4.78, 5) is 2.64. The minimum atomic E-state index is 0.426. The van der Waals surface area contributed by atoms with E-state index in [4.69, 9.17) is 5.73 Å². The molecule has 1 aliphatic carbocycles. The van der Waals surface area contributed by atoms with Crippen molar-refractivity contribution in [3.05, 3.63) is 35.4 Å². The Labute approximate surface area is 129 Å². The van der Waals surface area contributed by atoms with Crippen LogP contribution in [0.3, 0.4) is 0 Å². The molecule has 3 unspecified atom stereocenters. The fourth-order valence-corrected chi connectivity index (χ4v) is 4.31. The van der Waals surface area contributed by atoms with Crippen molar-refractivity contribution in [3.8, 4) is 0 Å². The average Bonchev–Trinajstić information content (AvgIpc) is 2.51. The molecular formula is C19H30N2. The summed E-state index contributed by atoms with van der Waals surface area (Å²) in [6, 6.07) is 9.35. The molecule has 1 aromatic rings. The molecule has 1 aromatic carbocycles. The van der Waals surface area contributed by atoms with Crippen LogP contribution in [-0.4, -0.2) is 24.0 Å². The standard InChI is InChI=1S/C19H30N2/c1-2-5-15-8-9-19(20)18(12-15)14-21-11-10-16-6-3-4-7-17(16)13-21/h3-4,6-7,15,18-19H,2,5,8-14,20H2,1H3. The quantitative estimate of drug-likeness (QED) is 0.916. The van der Waals surface area contributed by atoms with Crippen molar-refractivity contribution >= 4 is 0 Å². The summed E-state index contributed by atoms with van der Waals surface area (Å²) in [5.41, 5.74) is 9.50. The zero-order valence-electron chi connectivity index (χ0n) is 13.4. The van der Waals surface area contributed by atoms with Crippen LogP contribution >= 0.6 is 0 Å². The third-order valence-corrected chi connectivity index (χ3v) is 5.55. The van der Waals surface area contributed by atoms with Gasteiger partial charge in [-0.15, -0.1) is 0 Å². The summed E-state index contributed by atoms with van der Waals surface area (Å²) in [7, 11) is 0. The van der Waals surface area contributed by atoms with Crippen molar-refractivity contribution in [2.45, 2.75) is 58.0 Å². The number of hydrogen-bond donors (Lipinski definition) is 1. The normalized spacial score (nSPS) is 30.1. The number of hydrogen-bond acceptors (Lipinski definition) is 2. The van der Waals surface area contributed by atoms with Crippen LogP contribution in [0.2, 0.25) is 0 Å². The molecule has 21 heavy (non-hydrogen) atoms. The molecule has 1 heterocycles. The van der Waals surface area contributed by atoms with Crippen molar-refractivity contribution in [1.29, 1.82) is 0 Å². The number of benzene rings is 1. The Balaban J connectivity index is 1.58. The Kier molecular flexibility index (Phi) is 4.97.